The maximum absolute atomic E-state index is 5.71. The quantitative estimate of drug-likeness (QED) is 0.365. The molecule has 0 aliphatic rings. The lowest BCUT2D eigenvalue weighted by atomic mass is 10.1. The maximum atomic E-state index is 5.71. The SMILES string of the molecule is Cc1ccc2nc(-c3ccc(C=Cc4ccc(N)cc4)cc3)sc2c1. The Balaban J connectivity index is 1.57. The molecule has 0 saturated carbocycles. The fraction of sp³-hybridized carbons (Fsp3) is 0.0455. The van der Waals surface area contributed by atoms with Crippen molar-refractivity contribution in [2.75, 3.05) is 5.73 Å². The van der Waals surface area contributed by atoms with Crippen molar-refractivity contribution in [1.29, 1.82) is 0 Å². The van der Waals surface area contributed by atoms with Crippen molar-refractivity contribution in [2.45, 2.75) is 6.92 Å². The number of nitrogens with zero attached hydrogens (tertiary/aromatic N) is 1. The van der Waals surface area contributed by atoms with Gasteiger partial charge in [0.1, 0.15) is 5.01 Å². The van der Waals surface area contributed by atoms with Crippen LogP contribution in [0.2, 0.25) is 0 Å². The zero-order chi connectivity index (χ0) is 17.2. The third kappa shape index (κ3) is 3.47. The number of aryl methyl sites for hydroxylation is 1. The molecule has 0 aliphatic heterocycles. The first-order chi connectivity index (χ1) is 12.2. The average molecular weight is 342 g/mol. The van der Waals surface area contributed by atoms with Crippen LogP contribution in [0, 0.1) is 6.92 Å². The number of anilines is 1. The Morgan fingerprint density at radius 3 is 2.16 bits per heavy atom. The number of benzene rings is 3. The Bertz CT molecular complexity index is 1040. The largest absolute Gasteiger partial charge is 0.399 e. The number of nitrogens with two attached hydrogens (primary N) is 1. The topological polar surface area (TPSA) is 38.9 Å². The summed E-state index contributed by atoms with van der Waals surface area (Å²) in [5.41, 5.74) is 12.3. The highest BCUT2D eigenvalue weighted by molar-refractivity contribution is 7.21. The van der Waals surface area contributed by atoms with Crippen LogP contribution in [-0.2, 0) is 0 Å². The summed E-state index contributed by atoms with van der Waals surface area (Å²) in [6.45, 7) is 2.11. The molecule has 4 aromatic rings. The number of rotatable bonds is 3. The standard InChI is InChI=1S/C22H18N2S/c1-15-2-13-20-21(14-15)25-22(24-20)18-9-5-16(6-10-18)3-4-17-7-11-19(23)12-8-17/h2-14H,23H2,1H3. The van der Waals surface area contributed by atoms with E-state index in [9.17, 15) is 0 Å². The van der Waals surface area contributed by atoms with E-state index in [-0.39, 0.29) is 0 Å². The van der Waals surface area contributed by atoms with Gasteiger partial charge in [0.15, 0.2) is 0 Å². The highest BCUT2D eigenvalue weighted by Crippen LogP contribution is 2.30. The highest BCUT2D eigenvalue weighted by atomic mass is 32.1. The zero-order valence-electron chi connectivity index (χ0n) is 13.9. The van der Waals surface area contributed by atoms with Crippen molar-refractivity contribution in [3.63, 3.8) is 0 Å². The van der Waals surface area contributed by atoms with Crippen LogP contribution in [0.25, 0.3) is 32.9 Å². The molecule has 3 heteroatoms. The van der Waals surface area contributed by atoms with E-state index in [4.69, 9.17) is 10.7 Å². The van der Waals surface area contributed by atoms with Gasteiger partial charge >= 0.3 is 0 Å². The number of aromatic nitrogens is 1. The Kier molecular flexibility index (Phi) is 4.08. The van der Waals surface area contributed by atoms with Crippen LogP contribution in [0.15, 0.2) is 66.7 Å². The van der Waals surface area contributed by atoms with Gasteiger partial charge in [-0.05, 0) is 47.9 Å². The number of nitrogen functional groups attached to an aromatic ring is 1. The van der Waals surface area contributed by atoms with E-state index in [1.165, 1.54) is 10.3 Å². The number of hydrogen-bond donors (Lipinski definition) is 1. The summed E-state index contributed by atoms with van der Waals surface area (Å²) in [6, 6.07) is 22.8. The van der Waals surface area contributed by atoms with Gasteiger partial charge in [-0.15, -0.1) is 11.3 Å². The van der Waals surface area contributed by atoms with E-state index in [2.05, 4.69) is 61.5 Å². The first-order valence-electron chi connectivity index (χ1n) is 8.19. The lowest BCUT2D eigenvalue weighted by Gasteiger charge is -1.98. The molecule has 25 heavy (non-hydrogen) atoms. The van der Waals surface area contributed by atoms with E-state index < -0.39 is 0 Å². The van der Waals surface area contributed by atoms with Crippen LogP contribution in [-0.4, -0.2) is 4.98 Å². The molecule has 0 aliphatic carbocycles. The highest BCUT2D eigenvalue weighted by Gasteiger charge is 2.06. The fourth-order valence-corrected chi connectivity index (χ4v) is 3.76. The minimum atomic E-state index is 0.785. The van der Waals surface area contributed by atoms with Gasteiger partial charge in [-0.25, -0.2) is 4.98 Å². The molecule has 0 unspecified atom stereocenters. The summed E-state index contributed by atoms with van der Waals surface area (Å²) in [6.07, 6.45) is 4.20. The van der Waals surface area contributed by atoms with Crippen molar-refractivity contribution in [2.24, 2.45) is 0 Å². The van der Waals surface area contributed by atoms with Crippen LogP contribution in [0.3, 0.4) is 0 Å². The van der Waals surface area contributed by atoms with Crippen LogP contribution in [0.5, 0.6) is 0 Å². The molecule has 0 spiro atoms. The first-order valence-corrected chi connectivity index (χ1v) is 9.00. The number of fused-ring (bicyclic) bond motifs is 1. The molecule has 0 amide bonds. The summed E-state index contributed by atoms with van der Waals surface area (Å²) in [5.74, 6) is 0. The van der Waals surface area contributed by atoms with E-state index in [1.807, 2.05) is 24.3 Å². The zero-order valence-corrected chi connectivity index (χ0v) is 14.8. The smallest absolute Gasteiger partial charge is 0.124 e. The molecule has 0 bridgehead atoms. The fourth-order valence-electron chi connectivity index (χ4n) is 2.69. The average Bonchev–Trinajstić information content (AvgIpc) is 3.05. The van der Waals surface area contributed by atoms with Gasteiger partial charge in [0.2, 0.25) is 0 Å². The number of thiazole rings is 1. The summed E-state index contributed by atoms with van der Waals surface area (Å²) in [4.78, 5) is 4.74. The molecular weight excluding hydrogens is 324 g/mol. The third-order valence-electron chi connectivity index (χ3n) is 4.11. The second kappa shape index (κ2) is 6.54. The third-order valence-corrected chi connectivity index (χ3v) is 5.17. The lowest BCUT2D eigenvalue weighted by molar-refractivity contribution is 1.45. The molecule has 1 heterocycles. The van der Waals surface area contributed by atoms with E-state index in [0.29, 0.717) is 0 Å². The Morgan fingerprint density at radius 2 is 1.48 bits per heavy atom. The second-order valence-electron chi connectivity index (χ2n) is 6.11. The van der Waals surface area contributed by atoms with Gasteiger partial charge in [-0.3, -0.25) is 0 Å². The minimum Gasteiger partial charge on any atom is -0.399 e. The summed E-state index contributed by atoms with van der Waals surface area (Å²) >= 11 is 1.74. The summed E-state index contributed by atoms with van der Waals surface area (Å²) < 4.78 is 1.24. The molecule has 3 aromatic carbocycles. The monoisotopic (exact) mass is 342 g/mol. The van der Waals surface area contributed by atoms with Crippen LogP contribution in [0.4, 0.5) is 5.69 Å². The molecule has 0 radical (unpaired) electrons. The Labute approximate surface area is 151 Å². The molecule has 1 aromatic heterocycles. The van der Waals surface area contributed by atoms with Crippen molar-refractivity contribution in [3.8, 4) is 10.6 Å². The van der Waals surface area contributed by atoms with E-state index >= 15 is 0 Å². The lowest BCUT2D eigenvalue weighted by Crippen LogP contribution is -1.82. The first kappa shape index (κ1) is 15.6. The predicted octanol–water partition coefficient (Wildman–Crippen LogP) is 6.02. The van der Waals surface area contributed by atoms with Crippen LogP contribution in [0.1, 0.15) is 16.7 Å². The van der Waals surface area contributed by atoms with Crippen LogP contribution >= 0.6 is 11.3 Å². The number of hydrogen-bond acceptors (Lipinski definition) is 3. The van der Waals surface area contributed by atoms with Gasteiger partial charge in [0.25, 0.3) is 0 Å². The van der Waals surface area contributed by atoms with E-state index in [1.54, 1.807) is 11.3 Å². The van der Waals surface area contributed by atoms with Crippen molar-refractivity contribution in [1.82, 2.24) is 4.98 Å². The Hall–Kier alpha value is -2.91. The van der Waals surface area contributed by atoms with Gasteiger partial charge in [0.05, 0.1) is 10.2 Å². The van der Waals surface area contributed by atoms with E-state index in [0.717, 1.165) is 32.9 Å². The Morgan fingerprint density at radius 1 is 0.840 bits per heavy atom. The predicted molar refractivity (Wildman–Crippen MR) is 110 cm³/mol. The normalized spacial score (nSPS) is 11.4. The molecule has 4 rings (SSSR count). The summed E-state index contributed by atoms with van der Waals surface area (Å²) in [5, 5.41) is 1.06. The van der Waals surface area contributed by atoms with Crippen molar-refractivity contribution < 1.29 is 0 Å². The molecule has 2 N–H and O–H groups in total. The minimum absolute atomic E-state index is 0.785. The van der Waals surface area contributed by atoms with Gasteiger partial charge in [-0.1, -0.05) is 54.6 Å². The van der Waals surface area contributed by atoms with Gasteiger partial charge in [-0.2, -0.15) is 0 Å². The van der Waals surface area contributed by atoms with Gasteiger partial charge in [0, 0.05) is 11.3 Å². The molecule has 0 saturated heterocycles. The van der Waals surface area contributed by atoms with Crippen molar-refractivity contribution in [3.05, 3.63) is 83.4 Å². The molecule has 0 fully saturated rings. The van der Waals surface area contributed by atoms with Gasteiger partial charge < -0.3 is 5.73 Å². The van der Waals surface area contributed by atoms with Crippen LogP contribution < -0.4 is 5.73 Å². The maximum Gasteiger partial charge on any atom is 0.124 e. The molecule has 0 atom stereocenters. The second-order valence-corrected chi connectivity index (χ2v) is 7.14. The molecule has 122 valence electrons. The van der Waals surface area contributed by atoms with Crippen molar-refractivity contribution >= 4 is 39.4 Å². The summed E-state index contributed by atoms with van der Waals surface area (Å²) in [7, 11) is 0. The molecular formula is C22H18N2S. The molecule has 2 nitrogen and oxygen atoms in total.